The minimum absolute atomic E-state index is 0.0615. The van der Waals surface area contributed by atoms with Crippen LogP contribution in [0.1, 0.15) is 28.6 Å². The maximum absolute atomic E-state index is 13.6. The number of nitrogens with zero attached hydrogens (tertiary/aromatic N) is 2. The number of benzene rings is 1. The van der Waals surface area contributed by atoms with E-state index in [4.69, 9.17) is 21.4 Å². The largest absolute Gasteiger partial charge is 0.476 e. The number of anilines is 1. The first-order valence-corrected chi connectivity index (χ1v) is 7.31. The molecule has 2 aromatic rings. The Morgan fingerprint density at radius 3 is 2.87 bits per heavy atom. The number of carboxylic acid groups (broad SMARTS) is 1. The molecule has 2 heterocycles. The Labute approximate surface area is 136 Å². The highest BCUT2D eigenvalue weighted by Gasteiger charge is 2.30. The molecule has 2 atom stereocenters. The van der Waals surface area contributed by atoms with Gasteiger partial charge in [-0.25, -0.2) is 19.2 Å². The van der Waals surface area contributed by atoms with Crippen LogP contribution in [0.15, 0.2) is 30.6 Å². The van der Waals surface area contributed by atoms with Crippen LogP contribution in [0, 0.1) is 5.82 Å². The lowest BCUT2D eigenvalue weighted by Crippen LogP contribution is -2.24. The van der Waals surface area contributed by atoms with E-state index < -0.39 is 11.8 Å². The topological polar surface area (TPSA) is 84.3 Å². The van der Waals surface area contributed by atoms with Crippen molar-refractivity contribution in [3.63, 3.8) is 0 Å². The fourth-order valence-electron chi connectivity index (χ4n) is 2.46. The predicted octanol–water partition coefficient (Wildman–Crippen LogP) is 2.91. The third-order valence-electron chi connectivity index (χ3n) is 3.57. The summed E-state index contributed by atoms with van der Waals surface area (Å²) < 4.78 is 19.3. The Bertz CT molecular complexity index is 726. The highest BCUT2D eigenvalue weighted by atomic mass is 35.5. The summed E-state index contributed by atoms with van der Waals surface area (Å²) in [5, 5.41) is 12.0. The average molecular weight is 338 g/mol. The zero-order chi connectivity index (χ0) is 16.4. The fourth-order valence-corrected chi connectivity index (χ4v) is 2.58. The molecule has 23 heavy (non-hydrogen) atoms. The molecule has 6 nitrogen and oxygen atoms in total. The summed E-state index contributed by atoms with van der Waals surface area (Å²) in [6.07, 6.45) is 2.89. The average Bonchev–Trinajstić information content (AvgIpc) is 2.99. The molecule has 2 N–H and O–H groups in total. The van der Waals surface area contributed by atoms with Gasteiger partial charge in [0, 0.05) is 6.61 Å². The van der Waals surface area contributed by atoms with Crippen molar-refractivity contribution in [1.82, 2.24) is 9.97 Å². The Kier molecular flexibility index (Phi) is 4.40. The number of aromatic nitrogens is 2. The van der Waals surface area contributed by atoms with Gasteiger partial charge in [0.15, 0.2) is 5.69 Å². The first-order valence-electron chi connectivity index (χ1n) is 6.93. The lowest BCUT2D eigenvalue weighted by atomic mass is 10.0. The quantitative estimate of drug-likeness (QED) is 0.892. The van der Waals surface area contributed by atoms with Crippen molar-refractivity contribution in [3.05, 3.63) is 52.7 Å². The van der Waals surface area contributed by atoms with Gasteiger partial charge >= 0.3 is 5.97 Å². The van der Waals surface area contributed by atoms with Crippen molar-refractivity contribution in [2.45, 2.75) is 18.6 Å². The number of hydrogen-bond donors (Lipinski definition) is 2. The first kappa shape index (κ1) is 15.6. The highest BCUT2D eigenvalue weighted by molar-refractivity contribution is 6.30. The number of carbonyl (C=O) groups is 1. The van der Waals surface area contributed by atoms with Crippen molar-refractivity contribution in [2.75, 3.05) is 11.9 Å². The molecular weight excluding hydrogens is 325 g/mol. The van der Waals surface area contributed by atoms with Crippen molar-refractivity contribution < 1.29 is 19.0 Å². The molecule has 1 aliphatic heterocycles. The second-order valence-corrected chi connectivity index (χ2v) is 5.50. The van der Waals surface area contributed by atoms with E-state index in [-0.39, 0.29) is 22.9 Å². The Hall–Kier alpha value is -2.25. The van der Waals surface area contributed by atoms with E-state index in [0.29, 0.717) is 24.4 Å². The van der Waals surface area contributed by atoms with Crippen LogP contribution in [0.2, 0.25) is 5.02 Å². The molecule has 0 aliphatic carbocycles. The van der Waals surface area contributed by atoms with Crippen molar-refractivity contribution in [1.29, 1.82) is 0 Å². The summed E-state index contributed by atoms with van der Waals surface area (Å²) in [6.45, 7) is 0.521. The molecule has 8 heteroatoms. The number of rotatable bonds is 4. The van der Waals surface area contributed by atoms with Crippen LogP contribution >= 0.6 is 11.6 Å². The van der Waals surface area contributed by atoms with Gasteiger partial charge in [0.1, 0.15) is 17.7 Å². The molecule has 0 bridgehead atoms. The third kappa shape index (κ3) is 3.40. The molecular formula is C15H13ClFN3O3. The van der Waals surface area contributed by atoms with Gasteiger partial charge in [0.05, 0.1) is 23.5 Å². The van der Waals surface area contributed by atoms with Crippen molar-refractivity contribution in [3.8, 4) is 0 Å². The van der Waals surface area contributed by atoms with Crippen LogP contribution in [0.5, 0.6) is 0 Å². The lowest BCUT2D eigenvalue weighted by Gasteiger charge is -2.20. The second-order valence-electron chi connectivity index (χ2n) is 5.10. The SMILES string of the molecule is O=C(O)c1cnc(NC2CCOC2c2ccc(Cl)c(F)c2)cn1. The molecule has 3 rings (SSSR count). The summed E-state index contributed by atoms with van der Waals surface area (Å²) in [4.78, 5) is 18.6. The zero-order valence-corrected chi connectivity index (χ0v) is 12.6. The standard InChI is InChI=1S/C15H13ClFN3O3/c16-9-2-1-8(5-10(9)17)14-11(3-4-23-14)20-13-7-18-12(6-19-13)15(21)22/h1-2,5-7,11,14H,3-4H2,(H,19,20)(H,21,22). The van der Waals surface area contributed by atoms with Gasteiger partial charge in [0.25, 0.3) is 0 Å². The summed E-state index contributed by atoms with van der Waals surface area (Å²) >= 11 is 5.70. The molecule has 1 aromatic heterocycles. The molecule has 1 aliphatic rings. The normalized spacial score (nSPS) is 20.4. The van der Waals surface area contributed by atoms with E-state index in [1.807, 2.05) is 0 Å². The van der Waals surface area contributed by atoms with Gasteiger partial charge in [-0.05, 0) is 24.1 Å². The maximum Gasteiger partial charge on any atom is 0.356 e. The highest BCUT2D eigenvalue weighted by Crippen LogP contribution is 2.32. The van der Waals surface area contributed by atoms with Crippen molar-refractivity contribution >= 4 is 23.4 Å². The molecule has 0 radical (unpaired) electrons. The minimum atomic E-state index is -1.14. The zero-order valence-electron chi connectivity index (χ0n) is 11.9. The van der Waals surface area contributed by atoms with E-state index in [1.165, 1.54) is 24.5 Å². The Balaban J connectivity index is 1.76. The monoisotopic (exact) mass is 337 g/mol. The van der Waals surface area contributed by atoms with E-state index in [9.17, 15) is 9.18 Å². The van der Waals surface area contributed by atoms with E-state index in [2.05, 4.69) is 15.3 Å². The molecule has 1 aromatic carbocycles. The Morgan fingerprint density at radius 1 is 1.39 bits per heavy atom. The molecule has 1 fully saturated rings. The summed E-state index contributed by atoms with van der Waals surface area (Å²) in [5.74, 6) is -1.20. The molecule has 120 valence electrons. The summed E-state index contributed by atoms with van der Waals surface area (Å²) in [7, 11) is 0. The van der Waals surface area contributed by atoms with Crippen molar-refractivity contribution in [2.24, 2.45) is 0 Å². The van der Waals surface area contributed by atoms with Gasteiger partial charge in [-0.15, -0.1) is 0 Å². The molecule has 0 saturated carbocycles. The van der Waals surface area contributed by atoms with Gasteiger partial charge in [-0.1, -0.05) is 17.7 Å². The number of ether oxygens (including phenoxy) is 1. The van der Waals surface area contributed by atoms with Crippen LogP contribution in [0.4, 0.5) is 10.2 Å². The number of aromatic carboxylic acids is 1. The summed E-state index contributed by atoms with van der Waals surface area (Å²) in [6, 6.07) is 4.44. The molecule has 0 amide bonds. The van der Waals surface area contributed by atoms with Gasteiger partial charge in [-0.2, -0.15) is 0 Å². The number of halogens is 2. The fraction of sp³-hybridized carbons (Fsp3) is 0.267. The van der Waals surface area contributed by atoms with E-state index >= 15 is 0 Å². The third-order valence-corrected chi connectivity index (χ3v) is 3.87. The molecule has 0 spiro atoms. The first-order chi connectivity index (χ1) is 11.0. The van der Waals surface area contributed by atoms with Gasteiger partial charge < -0.3 is 15.2 Å². The number of hydrogen-bond acceptors (Lipinski definition) is 5. The predicted molar refractivity (Wildman–Crippen MR) is 81.1 cm³/mol. The van der Waals surface area contributed by atoms with Crippen LogP contribution in [-0.4, -0.2) is 33.7 Å². The number of nitrogens with one attached hydrogen (secondary N) is 1. The van der Waals surface area contributed by atoms with Crippen LogP contribution in [0.25, 0.3) is 0 Å². The van der Waals surface area contributed by atoms with E-state index in [0.717, 1.165) is 0 Å². The second kappa shape index (κ2) is 6.47. The van der Waals surface area contributed by atoms with Gasteiger partial charge in [0.2, 0.25) is 0 Å². The van der Waals surface area contributed by atoms with Gasteiger partial charge in [-0.3, -0.25) is 0 Å². The maximum atomic E-state index is 13.6. The number of carboxylic acids is 1. The summed E-state index contributed by atoms with van der Waals surface area (Å²) in [5.41, 5.74) is 0.548. The molecule has 2 unspecified atom stereocenters. The smallest absolute Gasteiger partial charge is 0.356 e. The van der Waals surface area contributed by atoms with Crippen LogP contribution < -0.4 is 5.32 Å². The van der Waals surface area contributed by atoms with Crippen LogP contribution in [-0.2, 0) is 4.74 Å². The lowest BCUT2D eigenvalue weighted by molar-refractivity contribution is 0.0690. The Morgan fingerprint density at radius 2 is 2.22 bits per heavy atom. The van der Waals surface area contributed by atoms with E-state index in [1.54, 1.807) is 6.07 Å². The molecule has 1 saturated heterocycles. The van der Waals surface area contributed by atoms with Crippen LogP contribution in [0.3, 0.4) is 0 Å². The minimum Gasteiger partial charge on any atom is -0.476 e.